The topological polar surface area (TPSA) is 45.2 Å². The first kappa shape index (κ1) is 14.0. The molecule has 1 heterocycles. The van der Waals surface area contributed by atoms with E-state index in [1.54, 1.807) is 34.7 Å². The third kappa shape index (κ3) is 3.05. The van der Waals surface area contributed by atoms with E-state index in [4.69, 9.17) is 0 Å². The van der Waals surface area contributed by atoms with Gasteiger partial charge in [0.25, 0.3) is 0 Å². The molecule has 1 aliphatic rings. The monoisotopic (exact) mass is 305 g/mol. The zero-order valence-electron chi connectivity index (χ0n) is 11.6. The fourth-order valence-electron chi connectivity index (χ4n) is 2.42. The number of urea groups is 1. The minimum atomic E-state index is -0.307. The Morgan fingerprint density at radius 2 is 2.24 bits per heavy atom. The molecule has 110 valence electrons. The van der Waals surface area contributed by atoms with Gasteiger partial charge < -0.3 is 4.90 Å². The number of aromatic nitrogens is 1. The number of halogens is 1. The zero-order chi connectivity index (χ0) is 14.8. The number of nitrogens with zero attached hydrogens (tertiary/aromatic N) is 2. The molecule has 21 heavy (non-hydrogen) atoms. The van der Waals surface area contributed by atoms with E-state index in [1.165, 1.54) is 17.4 Å². The Hall–Kier alpha value is -1.95. The van der Waals surface area contributed by atoms with Crippen molar-refractivity contribution >= 4 is 22.5 Å². The van der Waals surface area contributed by atoms with Gasteiger partial charge in [-0.1, -0.05) is 18.2 Å². The summed E-state index contributed by atoms with van der Waals surface area (Å²) in [5.41, 5.74) is 0.540. The molecular formula is C15H16FN3OS. The second kappa shape index (κ2) is 5.81. The van der Waals surface area contributed by atoms with Gasteiger partial charge in [0.05, 0.1) is 6.04 Å². The van der Waals surface area contributed by atoms with Crippen LogP contribution in [0.5, 0.6) is 0 Å². The molecule has 0 radical (unpaired) electrons. The minimum Gasteiger partial charge on any atom is -0.315 e. The Kier molecular flexibility index (Phi) is 3.88. The average Bonchev–Trinajstić information content (AvgIpc) is 3.16. The summed E-state index contributed by atoms with van der Waals surface area (Å²) in [6.07, 6.45) is 3.57. The van der Waals surface area contributed by atoms with Gasteiger partial charge in [-0.25, -0.2) is 14.2 Å². The van der Waals surface area contributed by atoms with Crippen LogP contribution in [0.3, 0.4) is 0 Å². The van der Waals surface area contributed by atoms with Crippen LogP contribution in [-0.4, -0.2) is 22.0 Å². The SMILES string of the molecule is C[C@H](c1ccccc1F)N(C(=O)Nc1nccs1)C1CC1. The van der Waals surface area contributed by atoms with Crippen molar-refractivity contribution in [2.75, 3.05) is 5.32 Å². The van der Waals surface area contributed by atoms with Crippen molar-refractivity contribution in [1.29, 1.82) is 0 Å². The summed E-state index contributed by atoms with van der Waals surface area (Å²) in [6.45, 7) is 1.86. The maximum Gasteiger partial charge on any atom is 0.324 e. The fraction of sp³-hybridized carbons (Fsp3) is 0.333. The maximum absolute atomic E-state index is 14.0. The highest BCUT2D eigenvalue weighted by Crippen LogP contribution is 2.35. The molecule has 4 nitrogen and oxygen atoms in total. The summed E-state index contributed by atoms with van der Waals surface area (Å²) in [5.74, 6) is -0.280. The van der Waals surface area contributed by atoms with Crippen molar-refractivity contribution in [3.8, 4) is 0 Å². The molecule has 0 bridgehead atoms. The molecule has 2 aromatic rings. The van der Waals surface area contributed by atoms with Gasteiger partial charge in [0.15, 0.2) is 5.13 Å². The molecule has 1 aromatic heterocycles. The number of anilines is 1. The van der Waals surface area contributed by atoms with Crippen LogP contribution in [0.2, 0.25) is 0 Å². The van der Waals surface area contributed by atoms with E-state index in [2.05, 4.69) is 10.3 Å². The summed E-state index contributed by atoms with van der Waals surface area (Å²) >= 11 is 1.37. The number of nitrogens with one attached hydrogen (secondary N) is 1. The lowest BCUT2D eigenvalue weighted by atomic mass is 10.1. The normalized spacial score (nSPS) is 15.5. The lowest BCUT2D eigenvalue weighted by Crippen LogP contribution is -2.39. The van der Waals surface area contributed by atoms with Crippen molar-refractivity contribution < 1.29 is 9.18 Å². The second-order valence-corrected chi connectivity index (χ2v) is 6.00. The van der Waals surface area contributed by atoms with Gasteiger partial charge in [-0.15, -0.1) is 11.3 Å². The van der Waals surface area contributed by atoms with Crippen LogP contribution in [0.4, 0.5) is 14.3 Å². The summed E-state index contributed by atoms with van der Waals surface area (Å²) in [5, 5.41) is 5.15. The highest BCUT2D eigenvalue weighted by atomic mass is 32.1. The van der Waals surface area contributed by atoms with E-state index in [0.29, 0.717) is 10.7 Å². The molecule has 1 aliphatic carbocycles. The predicted molar refractivity (Wildman–Crippen MR) is 80.8 cm³/mol. The van der Waals surface area contributed by atoms with Crippen molar-refractivity contribution in [2.45, 2.75) is 31.8 Å². The number of rotatable bonds is 4. The Morgan fingerprint density at radius 1 is 1.48 bits per heavy atom. The Bertz CT molecular complexity index is 628. The second-order valence-electron chi connectivity index (χ2n) is 5.10. The van der Waals surface area contributed by atoms with Crippen LogP contribution < -0.4 is 5.32 Å². The quantitative estimate of drug-likeness (QED) is 0.926. The Morgan fingerprint density at radius 3 is 2.86 bits per heavy atom. The lowest BCUT2D eigenvalue weighted by molar-refractivity contribution is 0.187. The van der Waals surface area contributed by atoms with Crippen LogP contribution in [0.25, 0.3) is 0 Å². The van der Waals surface area contributed by atoms with Gasteiger partial charge in [0.1, 0.15) is 5.82 Å². The van der Waals surface area contributed by atoms with Gasteiger partial charge in [-0.3, -0.25) is 5.32 Å². The molecule has 1 N–H and O–H groups in total. The van der Waals surface area contributed by atoms with E-state index in [1.807, 2.05) is 6.92 Å². The number of hydrogen-bond acceptors (Lipinski definition) is 3. The first-order valence-corrected chi connectivity index (χ1v) is 7.78. The molecule has 0 spiro atoms. The maximum atomic E-state index is 14.0. The van der Waals surface area contributed by atoms with Gasteiger partial charge in [-0.05, 0) is 25.8 Å². The molecule has 0 aliphatic heterocycles. The molecular weight excluding hydrogens is 289 g/mol. The molecule has 0 saturated heterocycles. The van der Waals surface area contributed by atoms with Crippen LogP contribution >= 0.6 is 11.3 Å². The highest BCUT2D eigenvalue weighted by Gasteiger charge is 2.37. The van der Waals surface area contributed by atoms with E-state index in [-0.39, 0.29) is 23.9 Å². The van der Waals surface area contributed by atoms with Crippen molar-refractivity contribution in [1.82, 2.24) is 9.88 Å². The third-order valence-electron chi connectivity index (χ3n) is 3.59. The molecule has 0 unspecified atom stereocenters. The Labute approximate surface area is 126 Å². The van der Waals surface area contributed by atoms with Gasteiger partial charge >= 0.3 is 6.03 Å². The molecule has 3 rings (SSSR count). The summed E-state index contributed by atoms with van der Waals surface area (Å²) in [4.78, 5) is 18.3. The van der Waals surface area contributed by atoms with Crippen LogP contribution in [0.1, 0.15) is 31.4 Å². The van der Waals surface area contributed by atoms with Gasteiger partial charge in [0, 0.05) is 23.2 Å². The minimum absolute atomic E-state index is 0.180. The van der Waals surface area contributed by atoms with Crippen molar-refractivity contribution in [2.24, 2.45) is 0 Å². The van der Waals surface area contributed by atoms with Gasteiger partial charge in [0.2, 0.25) is 0 Å². The number of thiazole rings is 1. The standard InChI is InChI=1S/C15H16FN3OS/c1-10(12-4-2-3-5-13(12)16)19(11-6-7-11)15(20)18-14-17-8-9-21-14/h2-5,8-11H,6-7H2,1H3,(H,17,18,20)/t10-/m1/s1. The summed E-state index contributed by atoms with van der Waals surface area (Å²) in [6, 6.07) is 6.25. The molecule has 1 saturated carbocycles. The molecule has 6 heteroatoms. The number of hydrogen-bond donors (Lipinski definition) is 1. The highest BCUT2D eigenvalue weighted by molar-refractivity contribution is 7.13. The molecule has 2 amide bonds. The number of carbonyl (C=O) groups excluding carboxylic acids is 1. The van der Waals surface area contributed by atoms with E-state index >= 15 is 0 Å². The predicted octanol–water partition coefficient (Wildman–Crippen LogP) is 4.04. The largest absolute Gasteiger partial charge is 0.324 e. The molecule has 1 fully saturated rings. The average molecular weight is 305 g/mol. The summed E-state index contributed by atoms with van der Waals surface area (Å²) in [7, 11) is 0. The van der Waals surface area contributed by atoms with Gasteiger partial charge in [-0.2, -0.15) is 0 Å². The van der Waals surface area contributed by atoms with Crippen LogP contribution in [0.15, 0.2) is 35.8 Å². The number of carbonyl (C=O) groups is 1. The number of amides is 2. The third-order valence-corrected chi connectivity index (χ3v) is 4.28. The lowest BCUT2D eigenvalue weighted by Gasteiger charge is -2.29. The van der Waals surface area contributed by atoms with E-state index < -0.39 is 0 Å². The Balaban J connectivity index is 1.81. The van der Waals surface area contributed by atoms with E-state index in [9.17, 15) is 9.18 Å². The number of benzene rings is 1. The van der Waals surface area contributed by atoms with Crippen molar-refractivity contribution in [3.05, 3.63) is 47.2 Å². The zero-order valence-corrected chi connectivity index (χ0v) is 12.4. The van der Waals surface area contributed by atoms with Crippen LogP contribution in [0, 0.1) is 5.82 Å². The van der Waals surface area contributed by atoms with Crippen molar-refractivity contribution in [3.63, 3.8) is 0 Å². The van der Waals surface area contributed by atoms with Crippen LogP contribution in [-0.2, 0) is 0 Å². The molecule has 1 atom stereocenters. The fourth-order valence-corrected chi connectivity index (χ4v) is 2.93. The summed E-state index contributed by atoms with van der Waals surface area (Å²) < 4.78 is 14.0. The van der Waals surface area contributed by atoms with E-state index in [0.717, 1.165) is 12.8 Å². The molecule has 1 aromatic carbocycles. The smallest absolute Gasteiger partial charge is 0.315 e. The first-order valence-electron chi connectivity index (χ1n) is 6.90. The first-order chi connectivity index (χ1) is 10.2.